The van der Waals surface area contributed by atoms with E-state index < -0.39 is 0 Å². The molecule has 0 amide bonds. The molecule has 1 atom stereocenters. The summed E-state index contributed by atoms with van der Waals surface area (Å²) in [4.78, 5) is 0. The minimum Gasteiger partial charge on any atom is -0.356 e. The molecule has 1 N–H and O–H groups in total. The first-order valence-electron chi connectivity index (χ1n) is 3.22. The molecule has 1 aliphatic rings. The van der Waals surface area contributed by atoms with Crippen LogP contribution in [0.3, 0.4) is 0 Å². The highest BCUT2D eigenvalue weighted by molar-refractivity contribution is 7.03. The molecular weight excluding hydrogens is 148 g/mol. The van der Waals surface area contributed by atoms with E-state index in [1.54, 1.807) is 0 Å². The predicted molar refractivity (Wildman–Crippen MR) is 38.8 cm³/mol. The quantitative estimate of drug-likeness (QED) is 0.652. The largest absolute Gasteiger partial charge is 0.356 e. The summed E-state index contributed by atoms with van der Waals surface area (Å²) >= 11 is 1.46. The Hall–Kier alpha value is -0.450. The second-order valence-corrected chi connectivity index (χ2v) is 2.79. The van der Waals surface area contributed by atoms with E-state index in [1.165, 1.54) is 11.5 Å². The third-order valence-corrected chi connectivity index (χ3v) is 2.02. The van der Waals surface area contributed by atoms with Gasteiger partial charge in [0.1, 0.15) is 0 Å². The standard InChI is InChI=1S/C6H8N2OS/c1-4-10-8-5(1)6-7-2-3-9-6/h1,4,6-7H,2-3H2. The van der Waals surface area contributed by atoms with E-state index >= 15 is 0 Å². The van der Waals surface area contributed by atoms with Crippen molar-refractivity contribution in [1.29, 1.82) is 0 Å². The van der Waals surface area contributed by atoms with Crippen LogP contribution in [-0.4, -0.2) is 17.5 Å². The van der Waals surface area contributed by atoms with Gasteiger partial charge in [-0.3, -0.25) is 5.32 Å². The van der Waals surface area contributed by atoms with E-state index in [-0.39, 0.29) is 6.23 Å². The Morgan fingerprint density at radius 2 is 2.80 bits per heavy atom. The summed E-state index contributed by atoms with van der Waals surface area (Å²) in [7, 11) is 0. The van der Waals surface area contributed by atoms with Crippen molar-refractivity contribution in [3.63, 3.8) is 0 Å². The van der Waals surface area contributed by atoms with Crippen LogP contribution in [0.25, 0.3) is 0 Å². The Kier molecular flexibility index (Phi) is 1.66. The highest BCUT2D eigenvalue weighted by Crippen LogP contribution is 2.16. The molecular formula is C6H8N2OS. The van der Waals surface area contributed by atoms with Gasteiger partial charge in [0.25, 0.3) is 0 Å². The lowest BCUT2D eigenvalue weighted by molar-refractivity contribution is 0.0993. The topological polar surface area (TPSA) is 34.1 Å². The minimum absolute atomic E-state index is 0.0475. The van der Waals surface area contributed by atoms with Crippen molar-refractivity contribution < 1.29 is 4.74 Å². The molecule has 10 heavy (non-hydrogen) atoms. The zero-order valence-electron chi connectivity index (χ0n) is 5.41. The van der Waals surface area contributed by atoms with Crippen molar-refractivity contribution in [2.75, 3.05) is 13.2 Å². The van der Waals surface area contributed by atoms with Crippen LogP contribution in [0.1, 0.15) is 11.9 Å². The maximum absolute atomic E-state index is 5.33. The molecule has 1 aromatic rings. The van der Waals surface area contributed by atoms with E-state index in [0.29, 0.717) is 0 Å². The van der Waals surface area contributed by atoms with Gasteiger partial charge in [-0.1, -0.05) is 0 Å². The Labute approximate surface area is 63.2 Å². The molecule has 54 valence electrons. The van der Waals surface area contributed by atoms with E-state index in [2.05, 4.69) is 9.69 Å². The monoisotopic (exact) mass is 156 g/mol. The van der Waals surface area contributed by atoms with Crippen LogP contribution in [0.4, 0.5) is 0 Å². The van der Waals surface area contributed by atoms with Crippen molar-refractivity contribution in [1.82, 2.24) is 9.69 Å². The fourth-order valence-corrected chi connectivity index (χ4v) is 1.51. The number of hydrogen-bond acceptors (Lipinski definition) is 4. The van der Waals surface area contributed by atoms with Crippen LogP contribution in [0.2, 0.25) is 0 Å². The second-order valence-electron chi connectivity index (χ2n) is 2.13. The highest BCUT2D eigenvalue weighted by atomic mass is 32.1. The van der Waals surface area contributed by atoms with Crippen LogP contribution in [-0.2, 0) is 4.74 Å². The lowest BCUT2D eigenvalue weighted by Gasteiger charge is -2.03. The van der Waals surface area contributed by atoms with Gasteiger partial charge in [-0.2, -0.15) is 4.37 Å². The van der Waals surface area contributed by atoms with E-state index in [9.17, 15) is 0 Å². The van der Waals surface area contributed by atoms with Gasteiger partial charge in [0.05, 0.1) is 12.3 Å². The Bertz CT molecular complexity index is 194. The molecule has 4 heteroatoms. The van der Waals surface area contributed by atoms with Gasteiger partial charge in [-0.05, 0) is 17.6 Å². The average molecular weight is 156 g/mol. The number of aromatic nitrogens is 1. The van der Waals surface area contributed by atoms with Gasteiger partial charge in [0.2, 0.25) is 0 Å². The van der Waals surface area contributed by atoms with Crippen molar-refractivity contribution in [2.24, 2.45) is 0 Å². The second kappa shape index (κ2) is 2.65. The summed E-state index contributed by atoms with van der Waals surface area (Å²) in [5.41, 5.74) is 1.00. The predicted octanol–water partition coefficient (Wildman–Crippen LogP) is 0.762. The Balaban J connectivity index is 2.12. The molecule has 3 nitrogen and oxygen atoms in total. The summed E-state index contributed by atoms with van der Waals surface area (Å²) in [6.45, 7) is 1.73. The van der Waals surface area contributed by atoms with Gasteiger partial charge in [0, 0.05) is 11.9 Å². The normalized spacial score (nSPS) is 25.4. The van der Waals surface area contributed by atoms with E-state index in [0.717, 1.165) is 18.8 Å². The van der Waals surface area contributed by atoms with Crippen molar-refractivity contribution in [3.8, 4) is 0 Å². The van der Waals surface area contributed by atoms with Gasteiger partial charge in [-0.15, -0.1) is 0 Å². The smallest absolute Gasteiger partial charge is 0.152 e. The van der Waals surface area contributed by atoms with Crippen molar-refractivity contribution in [2.45, 2.75) is 6.23 Å². The van der Waals surface area contributed by atoms with E-state index in [4.69, 9.17) is 4.74 Å². The molecule has 0 saturated carbocycles. The summed E-state index contributed by atoms with van der Waals surface area (Å²) < 4.78 is 9.48. The average Bonchev–Trinajstić information content (AvgIpc) is 2.59. The highest BCUT2D eigenvalue weighted by Gasteiger charge is 2.17. The summed E-state index contributed by atoms with van der Waals surface area (Å²) in [6, 6.07) is 1.98. The molecule has 0 aliphatic carbocycles. The number of hydrogen-bond donors (Lipinski definition) is 1. The molecule has 0 spiro atoms. The molecule has 0 aromatic carbocycles. The Morgan fingerprint density at radius 1 is 1.80 bits per heavy atom. The summed E-state index contributed by atoms with van der Waals surface area (Å²) in [5, 5.41) is 5.14. The maximum atomic E-state index is 5.33. The third kappa shape index (κ3) is 1.05. The van der Waals surface area contributed by atoms with Crippen molar-refractivity contribution in [3.05, 3.63) is 17.1 Å². The molecule has 2 rings (SSSR count). The SMILES string of the molecule is c1cc(C2NCCO2)ns1. The number of rotatable bonds is 1. The van der Waals surface area contributed by atoms with Crippen LogP contribution < -0.4 is 5.32 Å². The zero-order valence-corrected chi connectivity index (χ0v) is 6.23. The molecule has 0 bridgehead atoms. The van der Waals surface area contributed by atoms with Gasteiger partial charge in [0.15, 0.2) is 6.23 Å². The van der Waals surface area contributed by atoms with Gasteiger partial charge in [-0.25, -0.2) is 0 Å². The third-order valence-electron chi connectivity index (χ3n) is 1.44. The number of nitrogens with zero attached hydrogens (tertiary/aromatic N) is 1. The maximum Gasteiger partial charge on any atom is 0.152 e. The first kappa shape index (κ1) is 6.27. The minimum atomic E-state index is 0.0475. The summed E-state index contributed by atoms with van der Waals surface area (Å²) in [6.07, 6.45) is 0.0475. The van der Waals surface area contributed by atoms with Crippen LogP contribution in [0.15, 0.2) is 11.4 Å². The van der Waals surface area contributed by atoms with Crippen LogP contribution >= 0.6 is 11.5 Å². The zero-order chi connectivity index (χ0) is 6.81. The molecule has 1 aliphatic heterocycles. The first-order chi connectivity index (χ1) is 4.97. The molecule has 0 radical (unpaired) electrons. The molecule has 1 fully saturated rings. The Morgan fingerprint density at radius 3 is 3.40 bits per heavy atom. The van der Waals surface area contributed by atoms with Crippen LogP contribution in [0, 0.1) is 0 Å². The molecule has 1 aromatic heterocycles. The fraction of sp³-hybridized carbons (Fsp3) is 0.500. The van der Waals surface area contributed by atoms with E-state index in [1.807, 2.05) is 11.4 Å². The number of ether oxygens (including phenoxy) is 1. The molecule has 1 unspecified atom stereocenters. The molecule has 1 saturated heterocycles. The molecule has 2 heterocycles. The number of nitrogens with one attached hydrogen (secondary N) is 1. The van der Waals surface area contributed by atoms with Crippen LogP contribution in [0.5, 0.6) is 0 Å². The lowest BCUT2D eigenvalue weighted by Crippen LogP contribution is -2.13. The van der Waals surface area contributed by atoms with Gasteiger partial charge >= 0.3 is 0 Å². The first-order valence-corrected chi connectivity index (χ1v) is 4.06. The van der Waals surface area contributed by atoms with Crippen molar-refractivity contribution >= 4 is 11.5 Å². The fourth-order valence-electron chi connectivity index (χ4n) is 0.973. The summed E-state index contributed by atoms with van der Waals surface area (Å²) in [5.74, 6) is 0. The lowest BCUT2D eigenvalue weighted by atomic mass is 10.4. The van der Waals surface area contributed by atoms with Gasteiger partial charge < -0.3 is 4.74 Å².